The summed E-state index contributed by atoms with van der Waals surface area (Å²) in [7, 11) is 1.93. The molecule has 1 atom stereocenters. The lowest BCUT2D eigenvalue weighted by molar-refractivity contribution is -0.123. The van der Waals surface area contributed by atoms with Crippen molar-refractivity contribution in [2.24, 2.45) is 7.05 Å². The molecule has 5 nitrogen and oxygen atoms in total. The topological polar surface area (TPSA) is 59.0 Å². The lowest BCUT2D eigenvalue weighted by atomic mass is 9.82. The highest BCUT2D eigenvalue weighted by Gasteiger charge is 2.30. The molecule has 0 saturated carbocycles. The van der Waals surface area contributed by atoms with E-state index in [4.69, 9.17) is 0 Å². The Kier molecular flexibility index (Phi) is 4.45. The molecule has 1 aliphatic heterocycles. The van der Waals surface area contributed by atoms with E-state index in [1.165, 1.54) is 11.1 Å². The minimum absolute atomic E-state index is 0.0191. The Balaban J connectivity index is 1.71. The third-order valence-corrected chi connectivity index (χ3v) is 4.96. The molecule has 2 aromatic rings. The number of carbonyl (C=O) groups is 1. The smallest absolute Gasteiger partial charge is 0.241 e. The molecule has 3 rings (SSSR count). The summed E-state index contributed by atoms with van der Waals surface area (Å²) in [6.07, 6.45) is 2.71. The first-order valence-electron chi connectivity index (χ1n) is 8.48. The predicted octanol–water partition coefficient (Wildman–Crippen LogP) is 2.01. The molecule has 0 fully saturated rings. The van der Waals surface area contributed by atoms with Crippen molar-refractivity contribution in [2.75, 3.05) is 13.1 Å². The Morgan fingerprint density at radius 1 is 1.42 bits per heavy atom. The zero-order valence-corrected chi connectivity index (χ0v) is 14.9. The predicted molar refractivity (Wildman–Crippen MR) is 94.9 cm³/mol. The molecule has 1 aromatic heterocycles. The molecule has 5 heteroatoms. The number of hydrogen-bond acceptors (Lipinski definition) is 3. The van der Waals surface area contributed by atoms with Gasteiger partial charge in [-0.05, 0) is 18.1 Å². The van der Waals surface area contributed by atoms with E-state index < -0.39 is 0 Å². The van der Waals surface area contributed by atoms with Crippen molar-refractivity contribution in [2.45, 2.75) is 38.6 Å². The second-order valence-corrected chi connectivity index (χ2v) is 7.22. The van der Waals surface area contributed by atoms with Gasteiger partial charge in [-0.15, -0.1) is 0 Å². The summed E-state index contributed by atoms with van der Waals surface area (Å²) in [5, 5.41) is 10.7. The fourth-order valence-electron chi connectivity index (χ4n) is 3.54. The van der Waals surface area contributed by atoms with Crippen molar-refractivity contribution in [1.82, 2.24) is 20.4 Å². The molecular formula is C19H26N4O. The number of amides is 1. The van der Waals surface area contributed by atoms with Crippen LogP contribution in [0.1, 0.15) is 42.3 Å². The molecule has 24 heavy (non-hydrogen) atoms. The summed E-state index contributed by atoms with van der Waals surface area (Å²) in [6, 6.07) is 8.04. The second-order valence-electron chi connectivity index (χ2n) is 7.22. The fraction of sp³-hybridized carbons (Fsp3) is 0.474. The summed E-state index contributed by atoms with van der Waals surface area (Å²) in [5.41, 5.74) is 4.54. The van der Waals surface area contributed by atoms with Gasteiger partial charge in [0.15, 0.2) is 0 Å². The van der Waals surface area contributed by atoms with E-state index in [-0.39, 0.29) is 17.4 Å². The first-order chi connectivity index (χ1) is 11.4. The molecule has 1 aromatic carbocycles. The monoisotopic (exact) mass is 326 g/mol. The number of carbonyl (C=O) groups excluding carboxylic acids is 1. The van der Waals surface area contributed by atoms with Crippen molar-refractivity contribution in [3.05, 3.63) is 52.8 Å². The Labute approximate surface area is 143 Å². The summed E-state index contributed by atoms with van der Waals surface area (Å²) in [6.45, 7) is 7.85. The molecule has 1 amide bonds. The molecule has 2 N–H and O–H groups in total. The van der Waals surface area contributed by atoms with Gasteiger partial charge in [-0.2, -0.15) is 5.10 Å². The van der Waals surface area contributed by atoms with Crippen LogP contribution in [0.4, 0.5) is 0 Å². The van der Waals surface area contributed by atoms with Crippen LogP contribution in [-0.2, 0) is 23.7 Å². The lowest BCUT2D eigenvalue weighted by Gasteiger charge is -2.29. The number of rotatable bonds is 4. The normalized spacial score (nSPS) is 17.4. The highest BCUT2D eigenvalue weighted by molar-refractivity contribution is 5.83. The summed E-state index contributed by atoms with van der Waals surface area (Å²) in [5.74, 6) is 0.0191. The number of nitrogens with zero attached hydrogens (tertiary/aromatic N) is 2. The van der Waals surface area contributed by atoms with Gasteiger partial charge in [0.1, 0.15) is 6.04 Å². The Morgan fingerprint density at radius 2 is 2.17 bits per heavy atom. The first-order valence-corrected chi connectivity index (χ1v) is 8.48. The maximum Gasteiger partial charge on any atom is 0.241 e. The van der Waals surface area contributed by atoms with Crippen molar-refractivity contribution in [1.29, 1.82) is 0 Å². The van der Waals surface area contributed by atoms with Crippen LogP contribution in [0.25, 0.3) is 0 Å². The van der Waals surface area contributed by atoms with Crippen LogP contribution >= 0.6 is 0 Å². The first kappa shape index (κ1) is 16.7. The van der Waals surface area contributed by atoms with Crippen molar-refractivity contribution in [3.63, 3.8) is 0 Å². The Morgan fingerprint density at radius 3 is 2.92 bits per heavy atom. The SMILES string of the molecule is Cc1ccccc1C(C)(C)CNC(=O)C1NCCc2c1cnn2C. The van der Waals surface area contributed by atoms with Crippen molar-refractivity contribution < 1.29 is 4.79 Å². The maximum atomic E-state index is 12.7. The lowest BCUT2D eigenvalue weighted by Crippen LogP contribution is -2.45. The summed E-state index contributed by atoms with van der Waals surface area (Å²) >= 11 is 0. The summed E-state index contributed by atoms with van der Waals surface area (Å²) < 4.78 is 1.87. The Hall–Kier alpha value is -2.14. The second kappa shape index (κ2) is 6.40. The van der Waals surface area contributed by atoms with E-state index in [1.807, 2.05) is 17.8 Å². The number of nitrogens with one attached hydrogen (secondary N) is 2. The molecule has 0 spiro atoms. The van der Waals surface area contributed by atoms with Crippen LogP contribution in [0, 0.1) is 6.92 Å². The third-order valence-electron chi connectivity index (χ3n) is 4.96. The van der Waals surface area contributed by atoms with Crippen LogP contribution in [0.5, 0.6) is 0 Å². The number of benzene rings is 1. The molecule has 0 saturated heterocycles. The highest BCUT2D eigenvalue weighted by Crippen LogP contribution is 2.26. The number of aromatic nitrogens is 2. The van der Waals surface area contributed by atoms with Gasteiger partial charge in [-0.25, -0.2) is 0 Å². The molecule has 0 aliphatic carbocycles. The largest absolute Gasteiger partial charge is 0.354 e. The van der Waals surface area contributed by atoms with Gasteiger partial charge in [-0.3, -0.25) is 9.48 Å². The van der Waals surface area contributed by atoms with Gasteiger partial charge in [-0.1, -0.05) is 38.1 Å². The van der Waals surface area contributed by atoms with E-state index in [0.717, 1.165) is 24.2 Å². The van der Waals surface area contributed by atoms with Crippen molar-refractivity contribution in [3.8, 4) is 0 Å². The van der Waals surface area contributed by atoms with E-state index in [9.17, 15) is 4.79 Å². The quantitative estimate of drug-likeness (QED) is 0.903. The maximum absolute atomic E-state index is 12.7. The van der Waals surface area contributed by atoms with Crippen LogP contribution in [0.3, 0.4) is 0 Å². The molecule has 128 valence electrons. The van der Waals surface area contributed by atoms with Crippen LogP contribution in [0.2, 0.25) is 0 Å². The van der Waals surface area contributed by atoms with Gasteiger partial charge in [0, 0.05) is 43.2 Å². The minimum atomic E-state index is -0.310. The van der Waals surface area contributed by atoms with E-state index >= 15 is 0 Å². The van der Waals surface area contributed by atoms with Crippen LogP contribution < -0.4 is 10.6 Å². The average Bonchev–Trinajstić information content (AvgIpc) is 2.94. The van der Waals surface area contributed by atoms with Gasteiger partial charge < -0.3 is 10.6 Å². The minimum Gasteiger partial charge on any atom is -0.354 e. The van der Waals surface area contributed by atoms with Gasteiger partial charge in [0.05, 0.1) is 6.20 Å². The van der Waals surface area contributed by atoms with Crippen LogP contribution in [0.15, 0.2) is 30.5 Å². The zero-order chi connectivity index (χ0) is 17.3. The molecule has 1 aliphatic rings. The molecule has 0 bridgehead atoms. The number of fused-ring (bicyclic) bond motifs is 1. The molecule has 1 unspecified atom stereocenters. The van der Waals surface area contributed by atoms with Crippen LogP contribution in [-0.4, -0.2) is 28.8 Å². The van der Waals surface area contributed by atoms with E-state index in [1.54, 1.807) is 6.20 Å². The summed E-state index contributed by atoms with van der Waals surface area (Å²) in [4.78, 5) is 12.7. The molecule has 0 radical (unpaired) electrons. The molecule has 2 heterocycles. The number of hydrogen-bond donors (Lipinski definition) is 2. The van der Waals surface area contributed by atoms with Gasteiger partial charge in [0.2, 0.25) is 5.91 Å². The standard InChI is InChI=1S/C19H26N4O/c1-13-7-5-6-8-15(13)19(2,3)12-21-18(24)17-14-11-22-23(4)16(14)9-10-20-17/h5-8,11,17,20H,9-10,12H2,1-4H3,(H,21,24). The highest BCUT2D eigenvalue weighted by atomic mass is 16.2. The van der Waals surface area contributed by atoms with Gasteiger partial charge in [0.25, 0.3) is 0 Å². The third kappa shape index (κ3) is 3.08. The fourth-order valence-corrected chi connectivity index (χ4v) is 3.54. The average molecular weight is 326 g/mol. The molecular weight excluding hydrogens is 300 g/mol. The van der Waals surface area contributed by atoms with Crippen molar-refractivity contribution >= 4 is 5.91 Å². The van der Waals surface area contributed by atoms with E-state index in [0.29, 0.717) is 6.54 Å². The van der Waals surface area contributed by atoms with Gasteiger partial charge >= 0.3 is 0 Å². The Bertz CT molecular complexity index is 748. The zero-order valence-electron chi connectivity index (χ0n) is 14.9. The number of aryl methyl sites for hydroxylation is 2. The van der Waals surface area contributed by atoms with E-state index in [2.05, 4.69) is 54.7 Å².